The van der Waals surface area contributed by atoms with E-state index in [1.54, 1.807) is 31.1 Å². The molecule has 0 radical (unpaired) electrons. The van der Waals surface area contributed by atoms with Crippen molar-refractivity contribution < 1.29 is 14.7 Å². The highest BCUT2D eigenvalue weighted by Gasteiger charge is 2.13. The van der Waals surface area contributed by atoms with Gasteiger partial charge in [-0.25, -0.2) is 4.79 Å². The third kappa shape index (κ3) is 4.16. The molecule has 0 heterocycles. The zero-order valence-electron chi connectivity index (χ0n) is 9.53. The first-order valence-electron chi connectivity index (χ1n) is 4.87. The minimum Gasteiger partial charge on any atom is -0.478 e. The van der Waals surface area contributed by atoms with E-state index in [9.17, 15) is 9.59 Å². The Kier molecular flexibility index (Phi) is 4.65. The van der Waals surface area contributed by atoms with E-state index in [1.165, 1.54) is 6.07 Å². The Morgan fingerprint density at radius 1 is 1.41 bits per heavy atom. The molecule has 2 N–H and O–H groups in total. The number of hydrogen-bond donors (Lipinski definition) is 2. The number of likely N-dealkylation sites (N-methyl/N-ethyl adjacent to an activating group) is 1. The Morgan fingerprint density at radius 3 is 2.59 bits per heavy atom. The number of nitrogens with one attached hydrogen (secondary N) is 1. The van der Waals surface area contributed by atoms with Gasteiger partial charge in [0.15, 0.2) is 0 Å². The molecule has 0 aliphatic rings. The lowest BCUT2D eigenvalue weighted by Crippen LogP contribution is -2.27. The lowest BCUT2D eigenvalue weighted by Gasteiger charge is -2.12. The van der Waals surface area contributed by atoms with Gasteiger partial charge in [-0.3, -0.25) is 4.79 Å². The monoisotopic (exact) mass is 300 g/mol. The summed E-state index contributed by atoms with van der Waals surface area (Å²) in [5, 5.41) is 11.5. The van der Waals surface area contributed by atoms with Crippen molar-refractivity contribution in [3.63, 3.8) is 0 Å². The molecule has 1 rings (SSSR count). The molecule has 6 heteroatoms. The quantitative estimate of drug-likeness (QED) is 0.887. The van der Waals surface area contributed by atoms with E-state index in [4.69, 9.17) is 5.11 Å². The molecule has 5 nitrogen and oxygen atoms in total. The van der Waals surface area contributed by atoms with Crippen LogP contribution in [0.2, 0.25) is 0 Å². The summed E-state index contributed by atoms with van der Waals surface area (Å²) in [6.45, 7) is 0.200. The van der Waals surface area contributed by atoms with Gasteiger partial charge in [0.05, 0.1) is 17.8 Å². The summed E-state index contributed by atoms with van der Waals surface area (Å²) in [5.41, 5.74) is 0.360. The normalized spacial score (nSPS) is 10.4. The fraction of sp³-hybridized carbons (Fsp3) is 0.273. The third-order valence-corrected chi connectivity index (χ3v) is 2.44. The number of benzene rings is 1. The Hall–Kier alpha value is -1.40. The number of carboxylic acid groups (broad SMARTS) is 1. The second-order valence-electron chi connectivity index (χ2n) is 3.78. The molecule has 0 atom stereocenters. The average molecular weight is 301 g/mol. The topological polar surface area (TPSA) is 69.6 Å². The maximum absolute atomic E-state index is 11.5. The zero-order chi connectivity index (χ0) is 13.0. The first-order valence-corrected chi connectivity index (χ1v) is 5.67. The Morgan fingerprint density at radius 2 is 2.06 bits per heavy atom. The molecule has 0 aliphatic heterocycles. The van der Waals surface area contributed by atoms with Crippen LogP contribution in [0.1, 0.15) is 10.4 Å². The second-order valence-corrected chi connectivity index (χ2v) is 4.70. The van der Waals surface area contributed by atoms with E-state index in [1.807, 2.05) is 0 Å². The van der Waals surface area contributed by atoms with E-state index >= 15 is 0 Å². The van der Waals surface area contributed by atoms with Crippen LogP contribution >= 0.6 is 15.9 Å². The van der Waals surface area contributed by atoms with Crippen molar-refractivity contribution in [1.82, 2.24) is 4.90 Å². The first kappa shape index (κ1) is 13.7. The van der Waals surface area contributed by atoms with Crippen LogP contribution in [0.25, 0.3) is 0 Å². The molecule has 92 valence electrons. The van der Waals surface area contributed by atoms with Crippen molar-refractivity contribution in [2.75, 3.05) is 26.0 Å². The molecule has 0 aliphatic carbocycles. The van der Waals surface area contributed by atoms with Gasteiger partial charge in [-0.05, 0) is 32.3 Å². The predicted octanol–water partition coefficient (Wildman–Crippen LogP) is 1.65. The number of carboxylic acids is 1. The minimum atomic E-state index is -1.07. The zero-order valence-corrected chi connectivity index (χ0v) is 11.1. The van der Waals surface area contributed by atoms with Gasteiger partial charge in [-0.1, -0.05) is 15.9 Å². The standard InChI is InChI=1S/C11H13BrN2O3/c1-14(2)6-10(15)13-9-5-7(12)3-4-8(9)11(16)17/h3-5H,6H2,1-2H3,(H,13,15)(H,16,17). The SMILES string of the molecule is CN(C)CC(=O)Nc1cc(Br)ccc1C(=O)O. The van der Waals surface area contributed by atoms with Crippen molar-refractivity contribution in [3.05, 3.63) is 28.2 Å². The van der Waals surface area contributed by atoms with E-state index in [2.05, 4.69) is 21.2 Å². The van der Waals surface area contributed by atoms with Crippen LogP contribution in [-0.2, 0) is 4.79 Å². The maximum Gasteiger partial charge on any atom is 0.337 e. The highest BCUT2D eigenvalue weighted by atomic mass is 79.9. The highest BCUT2D eigenvalue weighted by molar-refractivity contribution is 9.10. The van der Waals surface area contributed by atoms with E-state index < -0.39 is 5.97 Å². The fourth-order valence-corrected chi connectivity index (χ4v) is 1.64. The highest BCUT2D eigenvalue weighted by Crippen LogP contribution is 2.21. The molecule has 17 heavy (non-hydrogen) atoms. The fourth-order valence-electron chi connectivity index (χ4n) is 1.28. The molecule has 0 aromatic heterocycles. The lowest BCUT2D eigenvalue weighted by atomic mass is 10.2. The second kappa shape index (κ2) is 5.79. The lowest BCUT2D eigenvalue weighted by molar-refractivity contribution is -0.116. The molecule has 0 unspecified atom stereocenters. The van der Waals surface area contributed by atoms with Crippen LogP contribution in [0.3, 0.4) is 0 Å². The molecule has 0 saturated heterocycles. The van der Waals surface area contributed by atoms with Crippen LogP contribution in [0.5, 0.6) is 0 Å². The van der Waals surface area contributed by atoms with E-state index in [-0.39, 0.29) is 18.0 Å². The van der Waals surface area contributed by atoms with Crippen molar-refractivity contribution >= 4 is 33.5 Å². The molecule has 0 spiro atoms. The van der Waals surface area contributed by atoms with Crippen LogP contribution in [0.4, 0.5) is 5.69 Å². The Balaban J connectivity index is 2.92. The van der Waals surface area contributed by atoms with Gasteiger partial charge in [0, 0.05) is 4.47 Å². The number of hydrogen-bond acceptors (Lipinski definition) is 3. The minimum absolute atomic E-state index is 0.0697. The van der Waals surface area contributed by atoms with E-state index in [0.29, 0.717) is 10.2 Å². The Bertz CT molecular complexity index is 446. The summed E-state index contributed by atoms with van der Waals surface area (Å²) in [5.74, 6) is -1.33. The van der Waals surface area contributed by atoms with Crippen LogP contribution in [-0.4, -0.2) is 42.5 Å². The van der Waals surface area contributed by atoms with Crippen molar-refractivity contribution in [2.45, 2.75) is 0 Å². The smallest absolute Gasteiger partial charge is 0.337 e. The average Bonchev–Trinajstić information content (AvgIpc) is 2.15. The van der Waals surface area contributed by atoms with Gasteiger partial charge in [0.25, 0.3) is 0 Å². The summed E-state index contributed by atoms with van der Waals surface area (Å²) in [7, 11) is 3.52. The summed E-state index contributed by atoms with van der Waals surface area (Å²) in [6.07, 6.45) is 0. The van der Waals surface area contributed by atoms with Crippen LogP contribution in [0.15, 0.2) is 22.7 Å². The molecular formula is C11H13BrN2O3. The summed E-state index contributed by atoms with van der Waals surface area (Å²) >= 11 is 3.23. The third-order valence-electron chi connectivity index (χ3n) is 1.95. The molecule has 1 aromatic rings. The summed E-state index contributed by atoms with van der Waals surface area (Å²) in [4.78, 5) is 24.2. The van der Waals surface area contributed by atoms with Crippen molar-refractivity contribution in [2.24, 2.45) is 0 Å². The predicted molar refractivity (Wildman–Crippen MR) is 68.3 cm³/mol. The molecular weight excluding hydrogens is 288 g/mol. The Labute approximate surface area is 108 Å². The first-order chi connectivity index (χ1) is 7.90. The number of carbonyl (C=O) groups excluding carboxylic acids is 1. The number of nitrogens with zero attached hydrogens (tertiary/aromatic N) is 1. The van der Waals surface area contributed by atoms with Crippen molar-refractivity contribution in [3.8, 4) is 0 Å². The van der Waals surface area contributed by atoms with Gasteiger partial charge in [-0.15, -0.1) is 0 Å². The number of aromatic carboxylic acids is 1. The number of anilines is 1. The van der Waals surface area contributed by atoms with Gasteiger partial charge in [0.2, 0.25) is 5.91 Å². The molecule has 1 aromatic carbocycles. The van der Waals surface area contributed by atoms with Gasteiger partial charge < -0.3 is 15.3 Å². The van der Waals surface area contributed by atoms with Crippen LogP contribution in [0, 0.1) is 0 Å². The molecule has 1 amide bonds. The number of halogens is 1. The number of rotatable bonds is 4. The molecule has 0 fully saturated rings. The maximum atomic E-state index is 11.5. The summed E-state index contributed by atoms with van der Waals surface area (Å²) in [6, 6.07) is 4.62. The molecule has 0 bridgehead atoms. The summed E-state index contributed by atoms with van der Waals surface area (Å²) < 4.78 is 0.711. The van der Waals surface area contributed by atoms with Gasteiger partial charge >= 0.3 is 5.97 Å². The largest absolute Gasteiger partial charge is 0.478 e. The number of amides is 1. The molecule has 0 saturated carbocycles. The van der Waals surface area contributed by atoms with Crippen LogP contribution < -0.4 is 5.32 Å². The van der Waals surface area contributed by atoms with E-state index in [0.717, 1.165) is 0 Å². The number of carbonyl (C=O) groups is 2. The van der Waals surface area contributed by atoms with Gasteiger partial charge in [-0.2, -0.15) is 0 Å². The van der Waals surface area contributed by atoms with Gasteiger partial charge in [0.1, 0.15) is 0 Å². The van der Waals surface area contributed by atoms with Crippen molar-refractivity contribution in [1.29, 1.82) is 0 Å².